The summed E-state index contributed by atoms with van der Waals surface area (Å²) >= 11 is 5.85. The molecule has 4 aromatic rings. The van der Waals surface area contributed by atoms with Crippen molar-refractivity contribution in [3.63, 3.8) is 0 Å². The van der Waals surface area contributed by atoms with Crippen LogP contribution in [0.2, 0.25) is 0 Å². The van der Waals surface area contributed by atoms with E-state index in [2.05, 4.69) is 101 Å². The van der Waals surface area contributed by atoms with E-state index >= 15 is 0 Å². The highest BCUT2D eigenvalue weighted by Crippen LogP contribution is 2.43. The van der Waals surface area contributed by atoms with E-state index in [-0.39, 0.29) is 12.1 Å². The van der Waals surface area contributed by atoms with Crippen molar-refractivity contribution < 1.29 is 0 Å². The van der Waals surface area contributed by atoms with Gasteiger partial charge in [0.2, 0.25) is 0 Å². The average molecular weight is 439 g/mol. The van der Waals surface area contributed by atoms with Gasteiger partial charge >= 0.3 is 0 Å². The van der Waals surface area contributed by atoms with Crippen LogP contribution >= 0.6 is 12.2 Å². The number of hydrogen-bond donors (Lipinski definition) is 1. The molecule has 5 rings (SSSR count). The predicted octanol–water partition coefficient (Wildman–Crippen LogP) is 5.97. The third-order valence-corrected chi connectivity index (χ3v) is 6.59. The molecule has 0 bridgehead atoms. The lowest BCUT2D eigenvalue weighted by molar-refractivity contribution is 0.565. The van der Waals surface area contributed by atoms with Gasteiger partial charge in [-0.25, -0.2) is 0 Å². The summed E-state index contributed by atoms with van der Waals surface area (Å²) in [7, 11) is 0. The topological polar surface area (TPSA) is 33.1 Å². The van der Waals surface area contributed by atoms with Crippen LogP contribution in [0.15, 0.2) is 85.1 Å². The number of benzene rings is 2. The first-order valence-corrected chi connectivity index (χ1v) is 11.3. The molecule has 0 amide bonds. The fourth-order valence-electron chi connectivity index (χ4n) is 4.81. The first-order valence-electron chi connectivity index (χ1n) is 10.9. The summed E-state index contributed by atoms with van der Waals surface area (Å²) in [5, 5.41) is 4.28. The Bertz CT molecular complexity index is 1260. The lowest BCUT2D eigenvalue weighted by Crippen LogP contribution is -2.29. The summed E-state index contributed by atoms with van der Waals surface area (Å²) in [5.74, 6) is 0. The monoisotopic (exact) mass is 438 g/mol. The maximum absolute atomic E-state index is 5.85. The molecule has 32 heavy (non-hydrogen) atoms. The highest BCUT2D eigenvalue weighted by atomic mass is 32.1. The molecule has 0 spiro atoms. The molecular weight excluding hydrogens is 412 g/mol. The van der Waals surface area contributed by atoms with Crippen molar-refractivity contribution in [1.29, 1.82) is 0 Å². The molecule has 4 nitrogen and oxygen atoms in total. The molecule has 1 N–H and O–H groups in total. The normalized spacial score (nSPS) is 18.1. The molecule has 5 heteroatoms. The third-order valence-electron chi connectivity index (χ3n) is 6.28. The number of para-hydroxylation sites is 2. The van der Waals surface area contributed by atoms with E-state index in [0.717, 1.165) is 16.5 Å². The Morgan fingerprint density at radius 3 is 2.31 bits per heavy atom. The zero-order chi connectivity index (χ0) is 22.2. The highest BCUT2D eigenvalue weighted by Gasteiger charge is 2.42. The van der Waals surface area contributed by atoms with E-state index in [1.54, 1.807) is 0 Å². The van der Waals surface area contributed by atoms with Gasteiger partial charge in [-0.05, 0) is 80.5 Å². The lowest BCUT2D eigenvalue weighted by Gasteiger charge is -2.28. The van der Waals surface area contributed by atoms with Crippen molar-refractivity contribution in [1.82, 2.24) is 14.9 Å². The number of pyridine rings is 1. The summed E-state index contributed by atoms with van der Waals surface area (Å²) in [5.41, 5.74) is 8.20. The van der Waals surface area contributed by atoms with Crippen LogP contribution < -0.4 is 10.2 Å². The Balaban J connectivity index is 1.70. The van der Waals surface area contributed by atoms with Crippen LogP contribution in [0.1, 0.15) is 40.3 Å². The Labute approximate surface area is 194 Å². The van der Waals surface area contributed by atoms with Crippen LogP contribution in [0, 0.1) is 20.8 Å². The number of hydrogen-bond acceptors (Lipinski definition) is 2. The van der Waals surface area contributed by atoms with Gasteiger partial charge in [-0.3, -0.25) is 4.98 Å². The number of nitrogens with one attached hydrogen (secondary N) is 1. The smallest absolute Gasteiger partial charge is 0.174 e. The number of nitrogens with zero attached hydrogens (tertiary/aromatic N) is 3. The van der Waals surface area contributed by atoms with Crippen molar-refractivity contribution in [3.8, 4) is 5.69 Å². The summed E-state index contributed by atoms with van der Waals surface area (Å²) < 4.78 is 2.35. The molecule has 1 aliphatic heterocycles. The first kappa shape index (κ1) is 20.5. The van der Waals surface area contributed by atoms with Gasteiger partial charge in [0.25, 0.3) is 0 Å². The van der Waals surface area contributed by atoms with Crippen molar-refractivity contribution in [2.24, 2.45) is 0 Å². The average Bonchev–Trinajstić information content (AvgIpc) is 3.31. The minimum absolute atomic E-state index is 0.0104. The maximum Gasteiger partial charge on any atom is 0.174 e. The summed E-state index contributed by atoms with van der Waals surface area (Å²) in [6.07, 6.45) is 1.85. The third kappa shape index (κ3) is 3.39. The number of anilines is 1. The van der Waals surface area contributed by atoms with Crippen molar-refractivity contribution in [3.05, 3.63) is 113 Å². The fourth-order valence-corrected chi connectivity index (χ4v) is 5.16. The minimum Gasteiger partial charge on any atom is -0.351 e. The molecule has 2 aromatic heterocycles. The largest absolute Gasteiger partial charge is 0.351 e. The van der Waals surface area contributed by atoms with Gasteiger partial charge in [0.15, 0.2) is 5.11 Å². The van der Waals surface area contributed by atoms with E-state index in [1.807, 2.05) is 24.4 Å². The quantitative estimate of drug-likeness (QED) is 0.398. The highest BCUT2D eigenvalue weighted by molar-refractivity contribution is 7.80. The Kier molecular flexibility index (Phi) is 5.27. The summed E-state index contributed by atoms with van der Waals surface area (Å²) in [6, 6.07) is 27.2. The van der Waals surface area contributed by atoms with Gasteiger partial charge in [-0.15, -0.1) is 0 Å². The van der Waals surface area contributed by atoms with Gasteiger partial charge in [0.05, 0.1) is 17.8 Å². The first-order chi connectivity index (χ1) is 15.6. The Morgan fingerprint density at radius 2 is 1.59 bits per heavy atom. The molecule has 0 saturated carbocycles. The second-order valence-electron chi connectivity index (χ2n) is 8.28. The van der Waals surface area contributed by atoms with Crippen molar-refractivity contribution in [2.45, 2.75) is 32.9 Å². The second kappa shape index (κ2) is 8.24. The van der Waals surface area contributed by atoms with Gasteiger partial charge in [-0.1, -0.05) is 42.5 Å². The molecule has 1 fully saturated rings. The molecule has 0 unspecified atom stereocenters. The van der Waals surface area contributed by atoms with E-state index in [1.165, 1.54) is 28.2 Å². The minimum atomic E-state index is -0.0465. The molecule has 1 saturated heterocycles. The zero-order valence-electron chi connectivity index (χ0n) is 18.5. The van der Waals surface area contributed by atoms with Gasteiger partial charge in [0, 0.05) is 29.0 Å². The van der Waals surface area contributed by atoms with Crippen LogP contribution in [0.4, 0.5) is 5.69 Å². The number of aromatic nitrogens is 2. The van der Waals surface area contributed by atoms with Crippen LogP contribution in [0.5, 0.6) is 0 Å². The molecule has 0 aliphatic carbocycles. The summed E-state index contributed by atoms with van der Waals surface area (Å²) in [6.45, 7) is 6.54. The van der Waals surface area contributed by atoms with E-state index in [0.29, 0.717) is 0 Å². The number of aryl methyl sites for hydroxylation is 2. The van der Waals surface area contributed by atoms with Crippen LogP contribution in [0.3, 0.4) is 0 Å². The predicted molar refractivity (Wildman–Crippen MR) is 134 cm³/mol. The van der Waals surface area contributed by atoms with Gasteiger partial charge < -0.3 is 14.8 Å². The summed E-state index contributed by atoms with van der Waals surface area (Å²) in [4.78, 5) is 6.91. The van der Waals surface area contributed by atoms with Crippen LogP contribution in [0.25, 0.3) is 5.69 Å². The second-order valence-corrected chi connectivity index (χ2v) is 8.67. The van der Waals surface area contributed by atoms with Gasteiger partial charge in [-0.2, -0.15) is 0 Å². The molecule has 2 atom stereocenters. The molecule has 2 aromatic carbocycles. The Morgan fingerprint density at radius 1 is 0.875 bits per heavy atom. The molecule has 0 radical (unpaired) electrons. The lowest BCUT2D eigenvalue weighted by atomic mass is 9.96. The molecule has 1 aliphatic rings. The van der Waals surface area contributed by atoms with Crippen molar-refractivity contribution >= 4 is 23.0 Å². The van der Waals surface area contributed by atoms with Crippen LogP contribution in [-0.2, 0) is 0 Å². The van der Waals surface area contributed by atoms with Crippen LogP contribution in [-0.4, -0.2) is 14.7 Å². The van der Waals surface area contributed by atoms with E-state index in [9.17, 15) is 0 Å². The standard InChI is InChI=1S/C27H26N4S/c1-18-11-7-8-15-24(18)30-19(2)17-22(20(30)3)26-25(23-14-9-10-16-28-23)29-27(32)31(26)21-12-5-4-6-13-21/h4-17,25-26H,1-3H3,(H,29,32)/t25-,26-/m0/s1. The van der Waals surface area contributed by atoms with E-state index in [4.69, 9.17) is 12.2 Å². The SMILES string of the molecule is Cc1ccccc1-n1c(C)cc([C@H]2[C@H](c3ccccn3)NC(=S)N2c2ccccc2)c1C. The maximum atomic E-state index is 5.85. The van der Waals surface area contributed by atoms with Gasteiger partial charge in [0.1, 0.15) is 0 Å². The fraction of sp³-hybridized carbons (Fsp3) is 0.185. The van der Waals surface area contributed by atoms with E-state index < -0.39 is 0 Å². The Hall–Kier alpha value is -3.44. The molecule has 160 valence electrons. The molecule has 3 heterocycles. The van der Waals surface area contributed by atoms with Crippen molar-refractivity contribution in [2.75, 3.05) is 4.90 Å². The zero-order valence-corrected chi connectivity index (χ0v) is 19.3. The number of rotatable bonds is 4. The molecular formula is C27H26N4S. The number of thiocarbonyl (C=S) groups is 1.